The second kappa shape index (κ2) is 33.0. The minimum Gasteiger partial charge on any atom is -0.481 e. The van der Waals surface area contributed by atoms with E-state index in [4.69, 9.17) is 29.2 Å². The van der Waals surface area contributed by atoms with Crippen molar-refractivity contribution in [3.8, 4) is 33.4 Å². The van der Waals surface area contributed by atoms with E-state index < -0.39 is 36.1 Å². The molecule has 0 atom stereocenters. The van der Waals surface area contributed by atoms with Crippen LogP contribution in [0.4, 0.5) is 14.4 Å². The summed E-state index contributed by atoms with van der Waals surface area (Å²) in [6.07, 6.45) is 4.35. The summed E-state index contributed by atoms with van der Waals surface area (Å²) in [5, 5.41) is 19.8. The predicted octanol–water partition coefficient (Wildman–Crippen LogP) is 12.7. The van der Waals surface area contributed by atoms with Gasteiger partial charge >= 0.3 is 42.2 Å². The zero-order valence-corrected chi connectivity index (χ0v) is 49.8. The molecule has 0 saturated carbocycles. The van der Waals surface area contributed by atoms with Crippen LogP contribution in [-0.2, 0) is 38.1 Å². The van der Waals surface area contributed by atoms with Gasteiger partial charge in [0.1, 0.15) is 19.8 Å². The van der Waals surface area contributed by atoms with Crippen molar-refractivity contribution >= 4 is 42.2 Å². The van der Waals surface area contributed by atoms with Gasteiger partial charge in [-0.25, -0.2) is 14.4 Å². The smallest absolute Gasteiger partial charge is 0.409 e. The molecule has 0 aliphatic heterocycles. The van der Waals surface area contributed by atoms with Crippen molar-refractivity contribution in [2.45, 2.75) is 94.8 Å². The SMILES string of the molecule is CN(CCCCC(=O)O)C(=O)OCC1c2ccccc2-c2ccccc21.CN(CCCCC(=O)OC(=O)CCCCN(C)C(=O)OCC1c2ccccc2-c2ccccc21)C(=O)OCC1c2ccccc2-c2ccccc21.CNCCCCC(=O)O. The topological polar surface area (TPSA) is 219 Å². The van der Waals surface area contributed by atoms with Crippen molar-refractivity contribution in [3.63, 3.8) is 0 Å². The number of fused-ring (bicyclic) bond motifs is 9. The van der Waals surface area contributed by atoms with Crippen LogP contribution >= 0.6 is 0 Å². The van der Waals surface area contributed by atoms with Crippen molar-refractivity contribution in [3.05, 3.63) is 179 Å². The summed E-state index contributed by atoms with van der Waals surface area (Å²) in [5.41, 5.74) is 14.1. The Bertz CT molecular complexity index is 3000. The maximum Gasteiger partial charge on any atom is 0.409 e. The molecule has 3 aliphatic rings. The van der Waals surface area contributed by atoms with E-state index in [0.29, 0.717) is 71.2 Å². The molecule has 17 nitrogen and oxygen atoms in total. The fourth-order valence-corrected chi connectivity index (χ4v) is 11.1. The van der Waals surface area contributed by atoms with Crippen molar-refractivity contribution in [2.75, 3.05) is 74.2 Å². The monoisotopic (exact) mass is 1170 g/mol. The number of amides is 3. The van der Waals surface area contributed by atoms with E-state index in [1.54, 1.807) is 21.1 Å². The number of rotatable bonds is 26. The Hall–Kier alpha value is -8.83. The Balaban J connectivity index is 0.000000250. The van der Waals surface area contributed by atoms with Gasteiger partial charge in [-0.3, -0.25) is 19.2 Å². The number of ether oxygens (including phenoxy) is 4. The van der Waals surface area contributed by atoms with Crippen LogP contribution in [0.3, 0.4) is 0 Å². The van der Waals surface area contributed by atoms with Crippen molar-refractivity contribution < 1.29 is 62.7 Å². The molecule has 17 heteroatoms. The van der Waals surface area contributed by atoms with Gasteiger partial charge in [-0.2, -0.15) is 0 Å². The number of carboxylic acids is 2. The lowest BCUT2D eigenvalue weighted by Gasteiger charge is -2.19. The van der Waals surface area contributed by atoms with Gasteiger partial charge in [0.2, 0.25) is 0 Å². The molecule has 0 unspecified atom stereocenters. The third kappa shape index (κ3) is 18.1. The van der Waals surface area contributed by atoms with Crippen LogP contribution in [-0.4, -0.2) is 141 Å². The number of unbranched alkanes of at least 4 members (excludes halogenated alkanes) is 4. The van der Waals surface area contributed by atoms with Gasteiger partial charge in [0.05, 0.1) is 0 Å². The van der Waals surface area contributed by atoms with Crippen molar-refractivity contribution in [1.82, 2.24) is 20.0 Å². The number of carbonyl (C=O) groups excluding carboxylic acids is 5. The lowest BCUT2D eigenvalue weighted by Crippen LogP contribution is -2.30. The maximum atomic E-state index is 12.7. The maximum absolute atomic E-state index is 12.7. The Labute approximate surface area is 504 Å². The number of carbonyl (C=O) groups is 7. The number of carboxylic acid groups (broad SMARTS) is 2. The minimum absolute atomic E-state index is 0.00992. The summed E-state index contributed by atoms with van der Waals surface area (Å²) in [4.78, 5) is 87.1. The fraction of sp³-hybridized carbons (Fsp3) is 0.377. The second-order valence-electron chi connectivity index (χ2n) is 21.7. The van der Waals surface area contributed by atoms with E-state index in [0.717, 1.165) is 41.6 Å². The summed E-state index contributed by atoms with van der Waals surface area (Å²) in [5.74, 6) is -2.65. The Kier molecular flexibility index (Phi) is 24.9. The molecule has 6 aromatic carbocycles. The zero-order valence-electron chi connectivity index (χ0n) is 49.8. The van der Waals surface area contributed by atoms with Gasteiger partial charge < -0.3 is 49.2 Å². The van der Waals surface area contributed by atoms with Crippen molar-refractivity contribution in [1.29, 1.82) is 0 Å². The average Bonchev–Trinajstić information content (AvgIpc) is 1.82. The van der Waals surface area contributed by atoms with Crippen LogP contribution in [0.15, 0.2) is 146 Å². The van der Waals surface area contributed by atoms with Crippen LogP contribution in [0.5, 0.6) is 0 Å². The third-order valence-corrected chi connectivity index (χ3v) is 15.6. The minimum atomic E-state index is -0.811. The lowest BCUT2D eigenvalue weighted by atomic mass is 9.98. The molecule has 9 rings (SSSR count). The largest absolute Gasteiger partial charge is 0.481 e. The fourth-order valence-electron chi connectivity index (χ4n) is 11.1. The Morgan fingerprint density at radius 1 is 0.372 bits per heavy atom. The molecule has 3 aliphatic carbocycles. The number of benzene rings is 6. The molecule has 0 aromatic heterocycles. The first-order valence-corrected chi connectivity index (χ1v) is 29.7. The van der Waals surface area contributed by atoms with Gasteiger partial charge in [0, 0.05) is 84.2 Å². The van der Waals surface area contributed by atoms with E-state index in [1.807, 2.05) is 79.8 Å². The predicted molar refractivity (Wildman–Crippen MR) is 329 cm³/mol. The molecular formula is C69H80N4O13. The summed E-state index contributed by atoms with van der Waals surface area (Å²) in [6, 6.07) is 49.2. The van der Waals surface area contributed by atoms with E-state index in [9.17, 15) is 33.6 Å². The van der Waals surface area contributed by atoms with E-state index in [2.05, 4.69) is 78.1 Å². The second-order valence-corrected chi connectivity index (χ2v) is 21.7. The number of nitrogens with zero attached hydrogens (tertiary/aromatic N) is 3. The van der Waals surface area contributed by atoms with Crippen LogP contribution in [0.25, 0.3) is 33.4 Å². The summed E-state index contributed by atoms with van der Waals surface area (Å²) >= 11 is 0. The third-order valence-electron chi connectivity index (χ3n) is 15.6. The molecule has 86 heavy (non-hydrogen) atoms. The van der Waals surface area contributed by atoms with E-state index >= 15 is 0 Å². The number of hydrogen-bond acceptors (Lipinski definition) is 12. The number of esters is 2. The van der Waals surface area contributed by atoms with Crippen molar-refractivity contribution in [2.24, 2.45) is 0 Å². The standard InChI is InChI=1S/C42H44N2O7.C21H23NO4.C6H13NO2/c1-43(41(47)49-27-37-33-19-7-3-15-29(33)30-16-4-8-20-34(30)37)25-13-11-23-39(45)51-40(46)24-12-14-26-44(2)42(48)50-28-38-35-21-9-5-17-31(35)32-18-6-10-22-36(32)38;1-22(13-7-6-12-20(23)24)21(25)26-14-19-17-10-4-2-8-15(17)16-9-3-5-11-18(16)19;1-7-5-3-2-4-6(8)9/h3-10,15-22,37-38H,11-14,23-28H2,1-2H3;2-5,8-11,19H,6-7,12-14H2,1H3,(H,23,24);7H,2-5H2,1H3,(H,8,9). The molecule has 0 fully saturated rings. The lowest BCUT2D eigenvalue weighted by molar-refractivity contribution is -0.159. The molecule has 6 aromatic rings. The average molecular weight is 1170 g/mol. The normalized spacial score (nSPS) is 12.2. The molecule has 0 heterocycles. The molecule has 0 bridgehead atoms. The molecule has 0 radical (unpaired) electrons. The number of aliphatic carboxylic acids is 2. The molecule has 3 amide bonds. The van der Waals surface area contributed by atoms with E-state index in [-0.39, 0.29) is 56.3 Å². The van der Waals surface area contributed by atoms with Gasteiger partial charge in [-0.15, -0.1) is 0 Å². The van der Waals surface area contributed by atoms with Gasteiger partial charge in [0.25, 0.3) is 0 Å². The molecule has 0 spiro atoms. The number of hydrogen-bond donors (Lipinski definition) is 3. The van der Waals surface area contributed by atoms with Crippen LogP contribution in [0, 0.1) is 0 Å². The first kappa shape index (κ1) is 64.7. The molecular weight excluding hydrogens is 1090 g/mol. The Morgan fingerprint density at radius 3 is 0.872 bits per heavy atom. The van der Waals surface area contributed by atoms with Crippen LogP contribution in [0.1, 0.15) is 128 Å². The van der Waals surface area contributed by atoms with Gasteiger partial charge in [0.15, 0.2) is 0 Å². The summed E-state index contributed by atoms with van der Waals surface area (Å²) in [7, 11) is 6.89. The highest BCUT2D eigenvalue weighted by atomic mass is 16.6. The zero-order chi connectivity index (χ0) is 61.4. The Morgan fingerprint density at radius 2 is 0.616 bits per heavy atom. The summed E-state index contributed by atoms with van der Waals surface area (Å²) in [6.45, 7) is 3.02. The van der Waals surface area contributed by atoms with Crippen LogP contribution in [0.2, 0.25) is 0 Å². The first-order valence-electron chi connectivity index (χ1n) is 29.7. The first-order chi connectivity index (χ1) is 41.7. The summed E-state index contributed by atoms with van der Waals surface area (Å²) < 4.78 is 21.9. The van der Waals surface area contributed by atoms with E-state index in [1.165, 1.54) is 59.2 Å². The van der Waals surface area contributed by atoms with Gasteiger partial charge in [-0.05, 0) is 132 Å². The number of nitrogens with one attached hydrogen (secondary N) is 1. The van der Waals surface area contributed by atoms with Crippen LogP contribution < -0.4 is 5.32 Å². The quantitative estimate of drug-likeness (QED) is 0.0199. The highest BCUT2D eigenvalue weighted by Crippen LogP contribution is 2.47. The highest BCUT2D eigenvalue weighted by molar-refractivity contribution is 5.85. The van der Waals surface area contributed by atoms with Gasteiger partial charge in [-0.1, -0.05) is 146 Å². The molecule has 0 saturated heterocycles. The highest BCUT2D eigenvalue weighted by Gasteiger charge is 2.32. The molecule has 454 valence electrons. The molecule has 3 N–H and O–H groups in total.